The predicted molar refractivity (Wildman–Crippen MR) is 82.0 cm³/mol. The number of aryl methyl sites for hydroxylation is 1. The smallest absolute Gasteiger partial charge is 0.323 e. The van der Waals surface area contributed by atoms with Crippen molar-refractivity contribution in [3.8, 4) is 11.5 Å². The van der Waals surface area contributed by atoms with E-state index in [9.17, 15) is 9.59 Å². The van der Waals surface area contributed by atoms with Gasteiger partial charge in [0, 0.05) is 37.4 Å². The molecule has 0 spiro atoms. The third-order valence-electron chi connectivity index (χ3n) is 3.03. The molecular weight excluding hydrogens is 322 g/mol. The molecule has 0 saturated heterocycles. The number of rotatable bonds is 9. The van der Waals surface area contributed by atoms with Crippen molar-refractivity contribution in [2.24, 2.45) is 0 Å². The standard InChI is InChI=1S/C14H17N3O5S/c1-21-6-5-17(8-13(19)20)12(18)3-2-11-15-16-14(22-11)10-4-7-23-9-10/h4,7,9H,2-3,5-6,8H2,1H3,(H,19,20). The lowest BCUT2D eigenvalue weighted by Gasteiger charge is -2.19. The summed E-state index contributed by atoms with van der Waals surface area (Å²) >= 11 is 1.52. The van der Waals surface area contributed by atoms with Crippen LogP contribution < -0.4 is 0 Å². The van der Waals surface area contributed by atoms with Crippen molar-refractivity contribution in [1.29, 1.82) is 0 Å². The molecular formula is C14H17N3O5S. The fourth-order valence-electron chi connectivity index (χ4n) is 1.89. The lowest BCUT2D eigenvalue weighted by atomic mass is 10.2. The van der Waals surface area contributed by atoms with Crippen molar-refractivity contribution >= 4 is 23.2 Å². The van der Waals surface area contributed by atoms with E-state index in [1.54, 1.807) is 0 Å². The first-order valence-corrected chi connectivity index (χ1v) is 7.88. The number of amides is 1. The van der Waals surface area contributed by atoms with E-state index in [0.717, 1.165) is 5.56 Å². The second-order valence-corrected chi connectivity index (χ2v) is 5.49. The van der Waals surface area contributed by atoms with Gasteiger partial charge in [-0.05, 0) is 11.4 Å². The van der Waals surface area contributed by atoms with Gasteiger partial charge in [0.25, 0.3) is 0 Å². The minimum absolute atomic E-state index is 0.0995. The summed E-state index contributed by atoms with van der Waals surface area (Å²) in [5.74, 6) is -0.594. The van der Waals surface area contributed by atoms with Gasteiger partial charge in [-0.1, -0.05) is 0 Å². The van der Waals surface area contributed by atoms with Crippen LogP contribution in [0.5, 0.6) is 0 Å². The van der Waals surface area contributed by atoms with Gasteiger partial charge in [0.1, 0.15) is 6.54 Å². The first kappa shape index (κ1) is 17.1. The summed E-state index contributed by atoms with van der Waals surface area (Å²) in [6, 6.07) is 1.87. The molecule has 0 radical (unpaired) electrons. The molecule has 2 aromatic rings. The van der Waals surface area contributed by atoms with Gasteiger partial charge in [-0.15, -0.1) is 10.2 Å². The Morgan fingerprint density at radius 3 is 2.91 bits per heavy atom. The maximum absolute atomic E-state index is 12.1. The Hall–Kier alpha value is -2.26. The summed E-state index contributed by atoms with van der Waals surface area (Å²) in [4.78, 5) is 24.2. The Labute approximate surface area is 136 Å². The minimum atomic E-state index is -1.06. The van der Waals surface area contributed by atoms with E-state index in [4.69, 9.17) is 14.3 Å². The molecule has 0 aliphatic heterocycles. The van der Waals surface area contributed by atoms with Gasteiger partial charge in [0.05, 0.1) is 6.61 Å². The van der Waals surface area contributed by atoms with Gasteiger partial charge >= 0.3 is 5.97 Å². The third-order valence-corrected chi connectivity index (χ3v) is 3.72. The van der Waals surface area contributed by atoms with Crippen LogP contribution in [0.3, 0.4) is 0 Å². The minimum Gasteiger partial charge on any atom is -0.480 e. The Kier molecular flexibility index (Phi) is 6.24. The first-order chi connectivity index (χ1) is 11.1. The van der Waals surface area contributed by atoms with E-state index in [1.807, 2.05) is 16.8 Å². The molecule has 1 N–H and O–H groups in total. The number of methoxy groups -OCH3 is 1. The highest BCUT2D eigenvalue weighted by molar-refractivity contribution is 7.08. The number of nitrogens with zero attached hydrogens (tertiary/aromatic N) is 3. The molecule has 8 nitrogen and oxygen atoms in total. The van der Waals surface area contributed by atoms with Crippen molar-refractivity contribution < 1.29 is 23.8 Å². The number of aliphatic carboxylic acids is 1. The summed E-state index contributed by atoms with van der Waals surface area (Å²) in [7, 11) is 1.49. The largest absolute Gasteiger partial charge is 0.480 e. The Morgan fingerprint density at radius 2 is 2.26 bits per heavy atom. The van der Waals surface area contributed by atoms with Crippen LogP contribution >= 0.6 is 11.3 Å². The fourth-order valence-corrected chi connectivity index (χ4v) is 2.52. The number of hydrogen-bond donors (Lipinski definition) is 1. The van der Waals surface area contributed by atoms with Gasteiger partial charge in [0.2, 0.25) is 17.7 Å². The molecule has 1 amide bonds. The van der Waals surface area contributed by atoms with Gasteiger partial charge in [0.15, 0.2) is 0 Å². The van der Waals surface area contributed by atoms with Crippen LogP contribution in [0.1, 0.15) is 12.3 Å². The summed E-state index contributed by atoms with van der Waals surface area (Å²) < 4.78 is 10.4. The van der Waals surface area contributed by atoms with Crippen molar-refractivity contribution in [2.75, 3.05) is 26.8 Å². The summed E-state index contributed by atoms with van der Waals surface area (Å²) in [6.45, 7) is 0.152. The molecule has 0 aromatic carbocycles. The number of carbonyl (C=O) groups excluding carboxylic acids is 1. The number of carbonyl (C=O) groups is 2. The average Bonchev–Trinajstić information content (AvgIpc) is 3.19. The van der Waals surface area contributed by atoms with E-state index < -0.39 is 5.97 Å². The maximum Gasteiger partial charge on any atom is 0.323 e. The maximum atomic E-state index is 12.1. The van der Waals surface area contributed by atoms with Crippen molar-refractivity contribution in [3.05, 3.63) is 22.7 Å². The Balaban J connectivity index is 1.90. The van der Waals surface area contributed by atoms with Crippen molar-refractivity contribution in [1.82, 2.24) is 15.1 Å². The first-order valence-electron chi connectivity index (χ1n) is 6.93. The number of carboxylic acids is 1. The number of aromatic nitrogens is 2. The zero-order chi connectivity index (χ0) is 16.7. The summed E-state index contributed by atoms with van der Waals surface area (Å²) in [5.41, 5.74) is 0.840. The number of ether oxygens (including phenoxy) is 1. The zero-order valence-electron chi connectivity index (χ0n) is 12.6. The molecule has 0 bridgehead atoms. The lowest BCUT2D eigenvalue weighted by Crippen LogP contribution is -2.38. The topological polar surface area (TPSA) is 106 Å². The third kappa shape index (κ3) is 5.15. The van der Waals surface area contributed by atoms with Crippen molar-refractivity contribution in [3.63, 3.8) is 0 Å². The number of carboxylic acid groups (broad SMARTS) is 1. The highest BCUT2D eigenvalue weighted by Gasteiger charge is 2.18. The van der Waals surface area contributed by atoms with Gasteiger partial charge in [-0.2, -0.15) is 11.3 Å². The molecule has 0 atom stereocenters. The molecule has 0 aliphatic carbocycles. The fraction of sp³-hybridized carbons (Fsp3) is 0.429. The molecule has 0 aliphatic rings. The summed E-state index contributed by atoms with van der Waals surface area (Å²) in [6.07, 6.45) is 0.362. The number of thiophene rings is 1. The van der Waals surface area contributed by atoms with Crippen LogP contribution in [0.4, 0.5) is 0 Å². The van der Waals surface area contributed by atoms with E-state index in [1.165, 1.54) is 23.3 Å². The second-order valence-electron chi connectivity index (χ2n) is 4.71. The van der Waals surface area contributed by atoms with Crippen LogP contribution in [0, 0.1) is 0 Å². The lowest BCUT2D eigenvalue weighted by molar-refractivity contribution is -0.144. The molecule has 9 heteroatoms. The molecule has 0 unspecified atom stereocenters. The van der Waals surface area contributed by atoms with Crippen LogP contribution in [0.25, 0.3) is 11.5 Å². The molecule has 2 rings (SSSR count). The molecule has 2 heterocycles. The molecule has 23 heavy (non-hydrogen) atoms. The van der Waals surface area contributed by atoms with Crippen LogP contribution in [-0.4, -0.2) is 58.9 Å². The highest BCUT2D eigenvalue weighted by Crippen LogP contribution is 2.20. The summed E-state index contributed by atoms with van der Waals surface area (Å²) in [5, 5.41) is 20.5. The normalized spacial score (nSPS) is 10.7. The van der Waals surface area contributed by atoms with Gasteiger partial charge in [-0.25, -0.2) is 0 Å². The van der Waals surface area contributed by atoms with E-state index in [0.29, 0.717) is 11.8 Å². The molecule has 0 saturated carbocycles. The van der Waals surface area contributed by atoms with E-state index in [-0.39, 0.29) is 38.4 Å². The quantitative estimate of drug-likeness (QED) is 0.733. The van der Waals surface area contributed by atoms with E-state index in [2.05, 4.69) is 10.2 Å². The number of hydrogen-bond acceptors (Lipinski definition) is 7. The second kappa shape index (κ2) is 8.39. The van der Waals surface area contributed by atoms with Crippen LogP contribution in [-0.2, 0) is 20.7 Å². The van der Waals surface area contributed by atoms with Gasteiger partial charge < -0.3 is 19.2 Å². The Morgan fingerprint density at radius 1 is 1.43 bits per heavy atom. The molecule has 0 fully saturated rings. The Bertz CT molecular complexity index is 641. The average molecular weight is 339 g/mol. The van der Waals surface area contributed by atoms with Crippen LogP contribution in [0.2, 0.25) is 0 Å². The monoisotopic (exact) mass is 339 g/mol. The molecule has 2 aromatic heterocycles. The zero-order valence-corrected chi connectivity index (χ0v) is 13.4. The predicted octanol–water partition coefficient (Wildman–Crippen LogP) is 1.29. The highest BCUT2D eigenvalue weighted by atomic mass is 32.1. The van der Waals surface area contributed by atoms with Crippen molar-refractivity contribution in [2.45, 2.75) is 12.8 Å². The SMILES string of the molecule is COCCN(CC(=O)O)C(=O)CCc1nnc(-c2ccsc2)o1. The molecule has 124 valence electrons. The van der Waals surface area contributed by atoms with Gasteiger partial charge in [-0.3, -0.25) is 9.59 Å². The van der Waals surface area contributed by atoms with E-state index >= 15 is 0 Å². The van der Waals surface area contributed by atoms with Crippen LogP contribution in [0.15, 0.2) is 21.2 Å².